The fourth-order valence-electron chi connectivity index (χ4n) is 5.77. The Balaban J connectivity index is 1.50. The van der Waals surface area contributed by atoms with Crippen molar-refractivity contribution >= 4 is 32.1 Å². The quantitative estimate of drug-likeness (QED) is 0.354. The molecule has 3 heterocycles. The molecule has 46 heavy (non-hydrogen) atoms. The molecule has 1 fully saturated rings. The molecule has 2 atom stereocenters. The van der Waals surface area contributed by atoms with Gasteiger partial charge in [0, 0.05) is 42.1 Å². The number of anilines is 2. The molecule has 0 spiro atoms. The molecular formula is C32H39F3N4O6S. The van der Waals surface area contributed by atoms with Crippen LogP contribution in [0.2, 0.25) is 0 Å². The number of rotatable bonds is 3. The molecule has 0 radical (unpaired) electrons. The van der Waals surface area contributed by atoms with Gasteiger partial charge in [0.15, 0.2) is 9.84 Å². The lowest BCUT2D eigenvalue weighted by Gasteiger charge is -2.33. The van der Waals surface area contributed by atoms with E-state index in [0.717, 1.165) is 37.9 Å². The summed E-state index contributed by atoms with van der Waals surface area (Å²) in [5, 5.41) is 10.8. The number of benzene rings is 2. The van der Waals surface area contributed by atoms with Gasteiger partial charge in [0.2, 0.25) is 0 Å². The van der Waals surface area contributed by atoms with Crippen LogP contribution in [-0.4, -0.2) is 91.2 Å². The van der Waals surface area contributed by atoms with E-state index in [-0.39, 0.29) is 53.8 Å². The molecule has 1 saturated heterocycles. The number of nitrogens with zero attached hydrogens (tertiary/aromatic N) is 1. The number of hydrogen-bond donors (Lipinski definition) is 3. The molecule has 14 heteroatoms. The summed E-state index contributed by atoms with van der Waals surface area (Å²) >= 11 is 0. The van der Waals surface area contributed by atoms with E-state index in [1.807, 2.05) is 6.07 Å². The van der Waals surface area contributed by atoms with Gasteiger partial charge in [-0.1, -0.05) is 12.0 Å². The summed E-state index contributed by atoms with van der Waals surface area (Å²) in [5.74, 6) is 6.43. The highest BCUT2D eigenvalue weighted by molar-refractivity contribution is 7.90. The average Bonchev–Trinajstić information content (AvgIpc) is 3.34. The number of alkyl halides is 3. The molecule has 0 amide bonds. The molecule has 3 aromatic rings. The fourth-order valence-corrected chi connectivity index (χ4v) is 6.58. The predicted octanol–water partition coefficient (Wildman–Crippen LogP) is 4.29. The maximum absolute atomic E-state index is 13.7. The van der Waals surface area contributed by atoms with Gasteiger partial charge in [-0.25, -0.2) is 8.42 Å². The van der Waals surface area contributed by atoms with E-state index in [2.05, 4.69) is 27.8 Å². The van der Waals surface area contributed by atoms with Gasteiger partial charge in [-0.3, -0.25) is 0 Å². The monoisotopic (exact) mass is 664 g/mol. The average molecular weight is 665 g/mol. The molecule has 2 aromatic carbocycles. The lowest BCUT2D eigenvalue weighted by molar-refractivity contribution is -0.140. The van der Waals surface area contributed by atoms with E-state index in [1.165, 1.54) is 23.8 Å². The third-order valence-electron chi connectivity index (χ3n) is 7.97. The number of fused-ring (bicyclic) bond motifs is 4. The van der Waals surface area contributed by atoms with Crippen LogP contribution in [0.4, 0.5) is 24.5 Å². The smallest absolute Gasteiger partial charge is 0.406 e. The maximum atomic E-state index is 13.7. The zero-order valence-electron chi connectivity index (χ0n) is 25.8. The van der Waals surface area contributed by atoms with E-state index >= 15 is 0 Å². The van der Waals surface area contributed by atoms with E-state index in [1.54, 1.807) is 18.2 Å². The summed E-state index contributed by atoms with van der Waals surface area (Å²) in [4.78, 5) is -0.0496. The Morgan fingerprint density at radius 1 is 1.04 bits per heavy atom. The van der Waals surface area contributed by atoms with Crippen LogP contribution >= 0.6 is 0 Å². The molecule has 2 aliphatic heterocycles. The minimum absolute atomic E-state index is 0.0343. The summed E-state index contributed by atoms with van der Waals surface area (Å²) in [6.07, 6.45) is -1.73. The Labute approximate surface area is 266 Å². The fraction of sp³-hybridized carbons (Fsp3) is 0.500. The Morgan fingerprint density at radius 3 is 2.59 bits per heavy atom. The van der Waals surface area contributed by atoms with Crippen LogP contribution in [-0.2, 0) is 25.9 Å². The summed E-state index contributed by atoms with van der Waals surface area (Å²) in [5.41, 5.74) is 1.82. The second kappa shape index (κ2) is 14.8. The van der Waals surface area contributed by atoms with Crippen LogP contribution < -0.4 is 25.4 Å². The van der Waals surface area contributed by atoms with Gasteiger partial charge < -0.3 is 39.5 Å². The number of aromatic nitrogens is 1. The van der Waals surface area contributed by atoms with Gasteiger partial charge >= 0.3 is 6.18 Å². The maximum Gasteiger partial charge on any atom is 0.406 e. The third-order valence-corrected chi connectivity index (χ3v) is 9.09. The summed E-state index contributed by atoms with van der Waals surface area (Å²) < 4.78 is 90.1. The topological polar surface area (TPSA) is 112 Å². The lowest BCUT2D eigenvalue weighted by atomic mass is 9.90. The van der Waals surface area contributed by atoms with Crippen molar-refractivity contribution in [1.29, 1.82) is 0 Å². The van der Waals surface area contributed by atoms with Gasteiger partial charge in [-0.05, 0) is 56.0 Å². The highest BCUT2D eigenvalue weighted by Crippen LogP contribution is 2.36. The first-order valence-electron chi connectivity index (χ1n) is 15.1. The van der Waals surface area contributed by atoms with Gasteiger partial charge in [-0.15, -0.1) is 0 Å². The number of sulfone groups is 1. The molecular weight excluding hydrogens is 625 g/mol. The van der Waals surface area contributed by atoms with Gasteiger partial charge in [0.05, 0.1) is 50.4 Å². The zero-order chi connectivity index (χ0) is 32.7. The third kappa shape index (κ3) is 8.58. The second-order valence-corrected chi connectivity index (χ2v) is 13.2. The number of ether oxygens (including phenoxy) is 4. The standard InChI is InChI=1S/C32H39F3N4O6S/c1-42-29-19-31(46(2,40)41)30-18-27(29)37-10-4-5-23-17-24-26(6-3-7-28(24)39(23)21-32(33,34)35)38-25-8-11-36-20-22(25)9-12-43-13-14-44-15-16-45-30/h3,6-7,17-19,22,25,36-38H,8-16,20-21H2,1-2H3. The van der Waals surface area contributed by atoms with Crippen molar-refractivity contribution in [2.75, 3.05) is 76.7 Å². The second-order valence-electron chi connectivity index (χ2n) is 11.3. The first-order valence-corrected chi connectivity index (χ1v) is 17.0. The summed E-state index contributed by atoms with van der Waals surface area (Å²) in [6, 6.07) is 9.98. The van der Waals surface area contributed by atoms with Crippen molar-refractivity contribution in [1.82, 2.24) is 9.88 Å². The van der Waals surface area contributed by atoms with Crippen molar-refractivity contribution in [3.05, 3.63) is 42.1 Å². The molecule has 2 aliphatic rings. The number of nitrogens with one attached hydrogen (secondary N) is 3. The van der Waals surface area contributed by atoms with Crippen LogP contribution in [0.25, 0.3) is 10.9 Å². The van der Waals surface area contributed by atoms with E-state index in [0.29, 0.717) is 36.4 Å². The number of halogens is 3. The normalized spacial score (nSPS) is 20.4. The number of piperidine rings is 1. The van der Waals surface area contributed by atoms with Crippen LogP contribution in [0.15, 0.2) is 41.3 Å². The Bertz CT molecular complexity index is 1680. The summed E-state index contributed by atoms with van der Waals surface area (Å²) in [6.45, 7) is 2.05. The van der Waals surface area contributed by atoms with E-state index in [9.17, 15) is 21.6 Å². The van der Waals surface area contributed by atoms with Crippen LogP contribution in [0.1, 0.15) is 18.5 Å². The molecule has 5 rings (SSSR count). The molecule has 4 bridgehead atoms. The largest absolute Gasteiger partial charge is 0.495 e. The molecule has 2 unspecified atom stereocenters. The van der Waals surface area contributed by atoms with Crippen molar-refractivity contribution in [2.24, 2.45) is 5.92 Å². The van der Waals surface area contributed by atoms with E-state index < -0.39 is 22.6 Å². The first kappa shape index (κ1) is 33.7. The number of methoxy groups -OCH3 is 1. The predicted molar refractivity (Wildman–Crippen MR) is 170 cm³/mol. The minimum Gasteiger partial charge on any atom is -0.495 e. The minimum atomic E-state index is -4.46. The highest BCUT2D eigenvalue weighted by Gasteiger charge is 2.31. The molecule has 0 saturated carbocycles. The SMILES string of the molecule is COc1cc(S(C)(=O)=O)c2cc1NCC#Cc1cc3c(cccc3n1CC(F)(F)F)NC1CCNCC1CCOCCOCCO2. The zero-order valence-corrected chi connectivity index (χ0v) is 26.7. The molecule has 1 aromatic heterocycles. The lowest BCUT2D eigenvalue weighted by Crippen LogP contribution is -2.44. The van der Waals surface area contributed by atoms with Crippen molar-refractivity contribution in [2.45, 2.75) is 36.5 Å². The Hall–Kier alpha value is -3.64. The molecule has 250 valence electrons. The van der Waals surface area contributed by atoms with Crippen molar-refractivity contribution < 1.29 is 40.5 Å². The first-order chi connectivity index (χ1) is 22.0. The van der Waals surface area contributed by atoms with Crippen LogP contribution in [0, 0.1) is 17.8 Å². The Morgan fingerprint density at radius 2 is 1.83 bits per heavy atom. The van der Waals surface area contributed by atoms with Crippen molar-refractivity contribution in [3.63, 3.8) is 0 Å². The number of hydrogen-bond acceptors (Lipinski definition) is 9. The van der Waals surface area contributed by atoms with Gasteiger partial charge in [0.1, 0.15) is 29.5 Å². The molecule has 0 aliphatic carbocycles. The van der Waals surface area contributed by atoms with Crippen molar-refractivity contribution in [3.8, 4) is 23.3 Å². The van der Waals surface area contributed by atoms with Crippen LogP contribution in [0.3, 0.4) is 0 Å². The highest BCUT2D eigenvalue weighted by atomic mass is 32.2. The van der Waals surface area contributed by atoms with E-state index in [4.69, 9.17) is 18.9 Å². The van der Waals surface area contributed by atoms with Gasteiger partial charge in [-0.2, -0.15) is 13.2 Å². The summed E-state index contributed by atoms with van der Waals surface area (Å²) in [7, 11) is -2.27. The molecule has 10 nitrogen and oxygen atoms in total. The van der Waals surface area contributed by atoms with Gasteiger partial charge in [0.25, 0.3) is 0 Å². The Kier molecular flexibility index (Phi) is 10.9. The van der Waals surface area contributed by atoms with Crippen LogP contribution in [0.5, 0.6) is 11.5 Å². The molecule has 3 N–H and O–H groups in total.